The van der Waals surface area contributed by atoms with E-state index in [0.29, 0.717) is 13.0 Å². The molecule has 4 rings (SSSR count). The average Bonchev–Trinajstić information content (AvgIpc) is 3.33. The van der Waals surface area contributed by atoms with Crippen LogP contribution in [0.5, 0.6) is 0 Å². The van der Waals surface area contributed by atoms with Crippen LogP contribution in [0.4, 0.5) is 5.69 Å². The van der Waals surface area contributed by atoms with Crippen molar-refractivity contribution in [1.82, 2.24) is 5.32 Å². The van der Waals surface area contributed by atoms with Gasteiger partial charge in [-0.25, -0.2) is 0 Å². The molecule has 0 aromatic heterocycles. The number of anilines is 1. The lowest BCUT2D eigenvalue weighted by Gasteiger charge is -2.26. The summed E-state index contributed by atoms with van der Waals surface area (Å²) in [5.41, 5.74) is 0.886. The molecule has 2 bridgehead atoms. The van der Waals surface area contributed by atoms with Crippen LogP contribution in [0.2, 0.25) is 0 Å². The van der Waals surface area contributed by atoms with E-state index in [-0.39, 0.29) is 47.5 Å². The smallest absolute Gasteiger partial charge is 0.228 e. The first-order valence-corrected chi connectivity index (χ1v) is 10.5. The second-order valence-electron chi connectivity index (χ2n) is 7.94. The van der Waals surface area contributed by atoms with Crippen LogP contribution in [0.3, 0.4) is 0 Å². The second kappa shape index (κ2) is 7.40. The standard InChI is InChI=1S/C21H25BrN2O3/c22-13-3-5-14(6-4-13)24-20(27)18-16-8-7-15(21(16)9-10-21)17(18)19(26)23-11-1-2-12-25/h3-8,15-18,25H,1-2,9-12H2,(H,23,26)(H,24,27)/t15-,16+,17-,18-/m1/s1. The quantitative estimate of drug-likeness (QED) is 0.457. The van der Waals surface area contributed by atoms with Crippen LogP contribution in [0.15, 0.2) is 40.9 Å². The number of carbonyl (C=O) groups is 2. The topological polar surface area (TPSA) is 78.4 Å². The van der Waals surface area contributed by atoms with E-state index in [0.717, 1.165) is 29.4 Å². The number of allylic oxidation sites excluding steroid dienone is 2. The lowest BCUT2D eigenvalue weighted by Crippen LogP contribution is -2.42. The van der Waals surface area contributed by atoms with Gasteiger partial charge in [-0.2, -0.15) is 0 Å². The van der Waals surface area contributed by atoms with Gasteiger partial charge in [0.05, 0.1) is 11.8 Å². The minimum absolute atomic E-state index is 0.0213. The predicted octanol–water partition coefficient (Wildman–Crippen LogP) is 3.10. The highest BCUT2D eigenvalue weighted by molar-refractivity contribution is 9.10. The summed E-state index contributed by atoms with van der Waals surface area (Å²) in [5, 5.41) is 14.9. The number of amides is 2. The van der Waals surface area contributed by atoms with E-state index in [4.69, 9.17) is 5.11 Å². The zero-order chi connectivity index (χ0) is 19.0. The molecule has 27 heavy (non-hydrogen) atoms. The fourth-order valence-corrected chi connectivity index (χ4v) is 5.30. The monoisotopic (exact) mass is 432 g/mol. The molecule has 2 amide bonds. The number of carbonyl (C=O) groups excluding carboxylic acids is 2. The normalized spacial score (nSPS) is 29.1. The molecule has 0 unspecified atom stereocenters. The Hall–Kier alpha value is -1.66. The average molecular weight is 433 g/mol. The third-order valence-electron chi connectivity index (χ3n) is 6.44. The van der Waals surface area contributed by atoms with Crippen LogP contribution in [-0.2, 0) is 9.59 Å². The van der Waals surface area contributed by atoms with Crippen LogP contribution in [0, 0.1) is 29.1 Å². The number of halogens is 1. The lowest BCUT2D eigenvalue weighted by molar-refractivity contribution is -0.132. The summed E-state index contributed by atoms with van der Waals surface area (Å²) >= 11 is 3.40. The number of aliphatic hydroxyl groups is 1. The first kappa shape index (κ1) is 18.7. The van der Waals surface area contributed by atoms with Gasteiger partial charge >= 0.3 is 0 Å². The molecule has 1 aromatic carbocycles. The number of rotatable bonds is 7. The summed E-state index contributed by atoms with van der Waals surface area (Å²) in [6.07, 6.45) is 7.96. The molecule has 3 aliphatic carbocycles. The van der Waals surface area contributed by atoms with Gasteiger partial charge in [0.25, 0.3) is 0 Å². The summed E-state index contributed by atoms with van der Waals surface area (Å²) in [6.45, 7) is 0.680. The van der Waals surface area contributed by atoms with Gasteiger partial charge in [0, 0.05) is 23.3 Å². The summed E-state index contributed by atoms with van der Waals surface area (Å²) in [7, 11) is 0. The highest BCUT2D eigenvalue weighted by Gasteiger charge is 2.69. The summed E-state index contributed by atoms with van der Waals surface area (Å²) in [5.74, 6) is -0.369. The van der Waals surface area contributed by atoms with Gasteiger partial charge in [-0.15, -0.1) is 0 Å². The number of hydrogen-bond acceptors (Lipinski definition) is 3. The first-order valence-electron chi connectivity index (χ1n) is 9.70. The molecule has 3 aliphatic rings. The van der Waals surface area contributed by atoms with Gasteiger partial charge in [0.15, 0.2) is 0 Å². The van der Waals surface area contributed by atoms with Gasteiger partial charge in [0.2, 0.25) is 11.8 Å². The number of nitrogens with one attached hydrogen (secondary N) is 2. The van der Waals surface area contributed by atoms with Crippen molar-refractivity contribution >= 4 is 33.4 Å². The van der Waals surface area contributed by atoms with Crippen LogP contribution < -0.4 is 10.6 Å². The van der Waals surface area contributed by atoms with Gasteiger partial charge in [0.1, 0.15) is 0 Å². The van der Waals surface area contributed by atoms with Gasteiger partial charge in [-0.05, 0) is 67.2 Å². The first-order chi connectivity index (χ1) is 13.1. The van der Waals surface area contributed by atoms with Crippen LogP contribution in [0.25, 0.3) is 0 Å². The van der Waals surface area contributed by atoms with E-state index in [2.05, 4.69) is 38.7 Å². The van der Waals surface area contributed by atoms with Crippen LogP contribution in [0.1, 0.15) is 25.7 Å². The van der Waals surface area contributed by atoms with Crippen molar-refractivity contribution in [2.75, 3.05) is 18.5 Å². The fourth-order valence-electron chi connectivity index (χ4n) is 5.03. The van der Waals surface area contributed by atoms with E-state index in [9.17, 15) is 9.59 Å². The van der Waals surface area contributed by atoms with E-state index >= 15 is 0 Å². The number of hydrogen-bond donors (Lipinski definition) is 3. The van der Waals surface area contributed by atoms with Crippen molar-refractivity contribution in [2.45, 2.75) is 25.7 Å². The highest BCUT2D eigenvalue weighted by atomic mass is 79.9. The van der Waals surface area contributed by atoms with E-state index in [1.807, 2.05) is 24.3 Å². The van der Waals surface area contributed by atoms with Crippen LogP contribution in [-0.4, -0.2) is 30.1 Å². The Labute approximate surface area is 167 Å². The maximum Gasteiger partial charge on any atom is 0.228 e. The van der Waals surface area contributed by atoms with Crippen LogP contribution >= 0.6 is 15.9 Å². The third kappa shape index (κ3) is 3.34. The predicted molar refractivity (Wildman–Crippen MR) is 107 cm³/mol. The van der Waals surface area contributed by atoms with Gasteiger partial charge in [-0.1, -0.05) is 28.1 Å². The molecule has 144 valence electrons. The second-order valence-corrected chi connectivity index (χ2v) is 8.85. The summed E-state index contributed by atoms with van der Waals surface area (Å²) in [6, 6.07) is 7.51. The Bertz CT molecular complexity index is 757. The third-order valence-corrected chi connectivity index (χ3v) is 6.97. The SMILES string of the molecule is O=C(NCCCCO)[C@H]1[C@H](C(=O)Nc2ccc(Br)cc2)[C@@H]2C=C[C@H]1C21CC1. The maximum absolute atomic E-state index is 13.1. The minimum atomic E-state index is -0.316. The molecule has 0 saturated heterocycles. The van der Waals surface area contributed by atoms with Crippen molar-refractivity contribution in [2.24, 2.45) is 29.1 Å². The molecule has 1 aromatic rings. The number of aliphatic hydroxyl groups excluding tert-OH is 1. The highest BCUT2D eigenvalue weighted by Crippen LogP contribution is 2.72. The number of benzene rings is 1. The zero-order valence-electron chi connectivity index (χ0n) is 15.2. The lowest BCUT2D eigenvalue weighted by atomic mass is 9.81. The molecule has 3 N–H and O–H groups in total. The van der Waals surface area contributed by atoms with Crippen molar-refractivity contribution < 1.29 is 14.7 Å². The Morgan fingerprint density at radius 1 is 1.04 bits per heavy atom. The Morgan fingerprint density at radius 3 is 2.26 bits per heavy atom. The molecule has 1 spiro atoms. The van der Waals surface area contributed by atoms with E-state index in [1.165, 1.54) is 0 Å². The molecule has 6 heteroatoms. The molecule has 2 fully saturated rings. The molecular formula is C21H25BrN2O3. The van der Waals surface area contributed by atoms with Crippen molar-refractivity contribution in [3.8, 4) is 0 Å². The van der Waals surface area contributed by atoms with Crippen molar-refractivity contribution in [1.29, 1.82) is 0 Å². The van der Waals surface area contributed by atoms with E-state index < -0.39 is 0 Å². The molecule has 4 atom stereocenters. The molecule has 2 saturated carbocycles. The summed E-state index contributed by atoms with van der Waals surface area (Å²) in [4.78, 5) is 26.1. The molecular weight excluding hydrogens is 408 g/mol. The Morgan fingerprint density at radius 2 is 1.67 bits per heavy atom. The molecule has 0 radical (unpaired) electrons. The molecule has 0 heterocycles. The molecule has 5 nitrogen and oxygen atoms in total. The van der Waals surface area contributed by atoms with Gasteiger partial charge < -0.3 is 15.7 Å². The molecule has 0 aliphatic heterocycles. The van der Waals surface area contributed by atoms with Crippen molar-refractivity contribution in [3.05, 3.63) is 40.9 Å². The van der Waals surface area contributed by atoms with Crippen molar-refractivity contribution in [3.63, 3.8) is 0 Å². The largest absolute Gasteiger partial charge is 0.396 e. The maximum atomic E-state index is 13.1. The number of unbranched alkanes of at least 4 members (excludes halogenated alkanes) is 1. The van der Waals surface area contributed by atoms with Gasteiger partial charge in [-0.3, -0.25) is 9.59 Å². The zero-order valence-corrected chi connectivity index (χ0v) is 16.7. The fraction of sp³-hybridized carbons (Fsp3) is 0.524. The van der Waals surface area contributed by atoms with E-state index in [1.54, 1.807) is 0 Å². The Balaban J connectivity index is 1.50. The Kier molecular flexibility index (Phi) is 5.12. The minimum Gasteiger partial charge on any atom is -0.396 e. The summed E-state index contributed by atoms with van der Waals surface area (Å²) < 4.78 is 0.959.